The summed E-state index contributed by atoms with van der Waals surface area (Å²) in [6, 6.07) is -28.0. The summed E-state index contributed by atoms with van der Waals surface area (Å²) in [4.78, 5) is 8.62. The second-order valence-corrected chi connectivity index (χ2v) is 9.97. The fourth-order valence-electron chi connectivity index (χ4n) is 5.06. The zero-order valence-electron chi connectivity index (χ0n) is 54.4. The van der Waals surface area contributed by atoms with Gasteiger partial charge >= 0.3 is 0 Å². The van der Waals surface area contributed by atoms with Crippen molar-refractivity contribution < 1.29 is 41.1 Å². The maximum Gasteiger partial charge on any atom is 0.160 e. The molecule has 0 fully saturated rings. The molecule has 0 aliphatic heterocycles. The van der Waals surface area contributed by atoms with Gasteiger partial charge in [0.25, 0.3) is 0 Å². The Kier molecular flexibility index (Phi) is 2.81. The smallest absolute Gasteiger partial charge is 0.160 e. The lowest BCUT2D eigenvalue weighted by molar-refractivity contribution is 1.18. The lowest BCUT2D eigenvalue weighted by Gasteiger charge is -2.13. The summed E-state index contributed by atoms with van der Waals surface area (Å²) in [5, 5.41) is -1.27. The van der Waals surface area contributed by atoms with E-state index in [0.29, 0.717) is 4.57 Å². The summed E-state index contributed by atoms with van der Waals surface area (Å²) in [6.45, 7) is 0. The van der Waals surface area contributed by atoms with E-state index in [1.807, 2.05) is 0 Å². The zero-order valence-corrected chi connectivity index (χ0v) is 24.4. The lowest BCUT2D eigenvalue weighted by atomic mass is 9.92. The van der Waals surface area contributed by atoms with E-state index in [4.69, 9.17) is 30.2 Å². The summed E-state index contributed by atoms with van der Waals surface area (Å²) in [6.07, 6.45) is 0. The predicted octanol–water partition coefficient (Wildman–Crippen LogP) is 11.9. The third-order valence-electron chi connectivity index (χ3n) is 7.14. The molecule has 0 spiro atoms. The summed E-state index contributed by atoms with van der Waals surface area (Å²) >= 11 is 0. The first-order valence-corrected chi connectivity index (χ1v) is 14.1. The summed E-state index contributed by atoms with van der Waals surface area (Å²) < 4.78 is 266. The summed E-state index contributed by atoms with van der Waals surface area (Å²) in [5.41, 5.74) is -9.36. The Bertz CT molecular complexity index is 4150. The molecule has 7 aromatic carbocycles. The summed E-state index contributed by atoms with van der Waals surface area (Å²) in [7, 11) is 0. The van der Waals surface area contributed by atoms with Crippen molar-refractivity contribution in [2.75, 3.05) is 0 Å². The van der Waals surface area contributed by atoms with E-state index in [-0.39, 0.29) is 0 Å². The molecule has 2 aromatic heterocycles. The van der Waals surface area contributed by atoms with Gasteiger partial charge in [0.05, 0.1) is 63.5 Å². The first-order valence-electron chi connectivity index (χ1n) is 29.1. The van der Waals surface area contributed by atoms with Gasteiger partial charge in [0, 0.05) is 33.2 Å². The van der Waals surface area contributed by atoms with E-state index in [1.165, 1.54) is 0 Å². The highest BCUT2D eigenvalue weighted by atomic mass is 15.0. The van der Waals surface area contributed by atoms with Crippen LogP contribution < -0.4 is 0 Å². The van der Waals surface area contributed by atoms with Gasteiger partial charge in [-0.3, -0.25) is 0 Å². The first kappa shape index (κ1) is 11.3. The Morgan fingerprint density at radius 2 is 0.918 bits per heavy atom. The van der Waals surface area contributed by atoms with E-state index in [9.17, 15) is 11.0 Å². The number of para-hydroxylation sites is 2. The van der Waals surface area contributed by atoms with Crippen LogP contribution in [0.2, 0.25) is 0 Å². The average molecular weight is 656 g/mol. The molecular weight excluding hydrogens is 595 g/mol. The van der Waals surface area contributed by atoms with Gasteiger partial charge in [0.1, 0.15) is 0 Å². The van der Waals surface area contributed by atoms with Crippen molar-refractivity contribution in [3.05, 3.63) is 187 Å². The van der Waals surface area contributed by atoms with Crippen molar-refractivity contribution in [2.24, 2.45) is 0 Å². The number of fused-ring (bicyclic) bond motifs is 3. The molecule has 0 radical (unpaired) electrons. The van der Waals surface area contributed by atoms with Gasteiger partial charge in [-0.05, 0) is 64.6 Å². The standard InChI is InChI=1S/C46H31N3/c1-4-15-32(16-5-1)42-31-43(48-46(47-42)33-17-6-2-7-18-33)36-20-14-19-34(29-36)38-23-10-11-24-39(38)35-27-28-45-41(30-35)40-25-12-13-26-44(40)49(45)37-21-8-3-9-22-37/h1-31H/i1D,2D,3D,4D,5D,6D,7D,8D,9D,10D,11D,12D,13D,14D,15D,16D,17D,18D,19D,20D,21D,22D,23D,24D,25D,26D,27D,28D,29D,30D. The molecule has 0 aliphatic carbocycles. The van der Waals surface area contributed by atoms with E-state index in [2.05, 4.69) is 9.97 Å². The molecule has 49 heavy (non-hydrogen) atoms. The number of benzene rings is 7. The van der Waals surface area contributed by atoms with Crippen molar-refractivity contribution in [2.45, 2.75) is 0 Å². The van der Waals surface area contributed by atoms with Crippen LogP contribution in [-0.4, -0.2) is 14.5 Å². The fraction of sp³-hybridized carbons (Fsp3) is 0. The molecular formula is C46H31N3. The zero-order chi connectivity index (χ0) is 58.7. The molecule has 9 aromatic rings. The Labute approximate surface area is 327 Å². The number of nitrogens with zero attached hydrogens (tertiary/aromatic N) is 3. The van der Waals surface area contributed by atoms with E-state index >= 15 is 0 Å². The largest absolute Gasteiger partial charge is 0.309 e. The second-order valence-electron chi connectivity index (χ2n) is 9.97. The molecule has 0 bridgehead atoms. The molecule has 3 nitrogen and oxygen atoms in total. The van der Waals surface area contributed by atoms with Gasteiger partial charge < -0.3 is 4.57 Å². The van der Waals surface area contributed by atoms with Crippen molar-refractivity contribution in [1.29, 1.82) is 0 Å². The van der Waals surface area contributed by atoms with Crippen molar-refractivity contribution in [3.8, 4) is 61.8 Å². The third-order valence-corrected chi connectivity index (χ3v) is 7.14. The Morgan fingerprint density at radius 3 is 1.65 bits per heavy atom. The van der Waals surface area contributed by atoms with Crippen LogP contribution in [0.1, 0.15) is 41.1 Å². The molecule has 0 atom stereocenters. The molecule has 0 amide bonds. The van der Waals surface area contributed by atoms with Crippen LogP contribution in [0, 0.1) is 0 Å². The van der Waals surface area contributed by atoms with Crippen molar-refractivity contribution in [3.63, 3.8) is 0 Å². The molecule has 9 rings (SSSR count). The van der Waals surface area contributed by atoms with Gasteiger partial charge in [0.15, 0.2) is 5.82 Å². The second kappa shape index (κ2) is 12.2. The van der Waals surface area contributed by atoms with Crippen LogP contribution in [-0.2, 0) is 0 Å². The SMILES string of the molecule is [2H]c1c([2H])c([2H])c(-c2cc(-c3c([2H])c([2H])c([2H])c(-c4c([2H])c([2H])c([2H])c([2H])c4-c4c([2H])c([2H])c5c(c4[2H])c4c([2H])c([2H])c([2H])c([2H])c4n5-c4c([2H])c([2H])c([2H])c([2H])c4[2H])c3[2H])nc(-c3c([2H])c([2H])c([2H])c([2H])c3[2H])n2)c([2H])c1[2H]. The van der Waals surface area contributed by atoms with Gasteiger partial charge in [0.2, 0.25) is 0 Å². The quantitative estimate of drug-likeness (QED) is 0.178. The number of hydrogen-bond acceptors (Lipinski definition) is 2. The maximum atomic E-state index is 9.83. The molecule has 0 aliphatic rings. The Morgan fingerprint density at radius 1 is 0.388 bits per heavy atom. The molecule has 0 saturated carbocycles. The molecule has 0 saturated heterocycles. The van der Waals surface area contributed by atoms with Gasteiger partial charge in [-0.25, -0.2) is 9.97 Å². The van der Waals surface area contributed by atoms with Crippen LogP contribution in [0.5, 0.6) is 0 Å². The monoisotopic (exact) mass is 655 g/mol. The average Bonchev–Trinajstić information content (AvgIpc) is 4.02. The van der Waals surface area contributed by atoms with Crippen LogP contribution in [0.3, 0.4) is 0 Å². The molecule has 2 heterocycles. The highest BCUT2D eigenvalue weighted by Crippen LogP contribution is 2.39. The minimum Gasteiger partial charge on any atom is -0.309 e. The molecule has 0 unspecified atom stereocenters. The minimum absolute atomic E-state index is 0.611. The van der Waals surface area contributed by atoms with E-state index in [1.54, 1.807) is 0 Å². The molecule has 230 valence electrons. The predicted molar refractivity (Wildman–Crippen MR) is 204 cm³/mol. The Hall–Kier alpha value is -6.58. The summed E-state index contributed by atoms with van der Waals surface area (Å²) in [5.74, 6) is -0.810. The van der Waals surface area contributed by atoms with Crippen LogP contribution in [0.25, 0.3) is 83.6 Å². The van der Waals surface area contributed by atoms with Crippen molar-refractivity contribution >= 4 is 21.8 Å². The normalized spacial score (nSPS) is 19.8. The molecule has 0 N–H and O–H groups in total. The topological polar surface area (TPSA) is 30.7 Å². The van der Waals surface area contributed by atoms with Gasteiger partial charge in [-0.1, -0.05) is 145 Å². The lowest BCUT2D eigenvalue weighted by Crippen LogP contribution is -1.96. The highest BCUT2D eigenvalue weighted by molar-refractivity contribution is 6.10. The van der Waals surface area contributed by atoms with E-state index in [0.717, 1.165) is 6.07 Å². The van der Waals surface area contributed by atoms with Gasteiger partial charge in [-0.2, -0.15) is 0 Å². The van der Waals surface area contributed by atoms with Crippen LogP contribution >= 0.6 is 0 Å². The minimum atomic E-state index is -1.11. The number of hydrogen-bond donors (Lipinski definition) is 0. The number of rotatable bonds is 6. The van der Waals surface area contributed by atoms with Crippen LogP contribution in [0.15, 0.2) is 187 Å². The Balaban J connectivity index is 1.47. The maximum absolute atomic E-state index is 9.83. The fourth-order valence-corrected chi connectivity index (χ4v) is 5.06. The van der Waals surface area contributed by atoms with Crippen molar-refractivity contribution in [1.82, 2.24) is 14.5 Å². The molecule has 3 heteroatoms. The highest BCUT2D eigenvalue weighted by Gasteiger charge is 2.16. The third kappa shape index (κ3) is 5.28. The number of aromatic nitrogens is 3. The van der Waals surface area contributed by atoms with Crippen LogP contribution in [0.4, 0.5) is 0 Å². The first-order chi connectivity index (χ1) is 36.8. The van der Waals surface area contributed by atoms with E-state index < -0.39 is 265 Å². The van der Waals surface area contributed by atoms with Gasteiger partial charge in [-0.15, -0.1) is 0 Å².